The maximum Gasteiger partial charge on any atom is 0.0714 e. The van der Waals surface area contributed by atoms with Gasteiger partial charge in [-0.25, -0.2) is 0 Å². The molecular formula is C62H59N. The Morgan fingerprint density at radius 3 is 1.65 bits per heavy atom. The van der Waals surface area contributed by atoms with Gasteiger partial charge >= 0.3 is 0 Å². The molecule has 0 heterocycles. The molecule has 1 spiro atoms. The molecule has 4 bridgehead atoms. The molecule has 3 atom stereocenters. The van der Waals surface area contributed by atoms with E-state index in [1.807, 2.05) is 0 Å². The summed E-state index contributed by atoms with van der Waals surface area (Å²) in [6, 6.07) is 64.0. The average molecular weight is 818 g/mol. The van der Waals surface area contributed by atoms with Gasteiger partial charge in [-0.15, -0.1) is 0 Å². The van der Waals surface area contributed by atoms with Crippen LogP contribution in [0.1, 0.15) is 124 Å². The summed E-state index contributed by atoms with van der Waals surface area (Å²) in [5.74, 6) is 3.19. The molecule has 0 N–H and O–H groups in total. The molecule has 0 saturated heterocycles. The second-order valence-corrected chi connectivity index (χ2v) is 21.9. The van der Waals surface area contributed by atoms with Crippen molar-refractivity contribution in [3.63, 3.8) is 0 Å². The van der Waals surface area contributed by atoms with Crippen LogP contribution in [-0.4, -0.2) is 0 Å². The lowest BCUT2D eigenvalue weighted by Crippen LogP contribution is -2.48. The molecular weight excluding hydrogens is 759 g/mol. The Kier molecular flexibility index (Phi) is 8.07. The van der Waals surface area contributed by atoms with Gasteiger partial charge < -0.3 is 4.90 Å². The Labute approximate surface area is 375 Å². The maximum absolute atomic E-state index is 2.72. The van der Waals surface area contributed by atoms with Gasteiger partial charge in [0.15, 0.2) is 0 Å². The standard InChI is InChI=1S/C62H59N/c1-59(2)32-33-60(3,4)58-54(59)24-15-25-57(58)63(47-29-31-51-49-21-12-14-23-53(49)62(56(51)39-47)44-27-26-40(35-44)34-41-36-45(62)37-41)46-28-30-50-48-20-11-13-22-52(48)61(55(50)38-46,42-16-7-5-8-17-42)43-18-9-6-10-19-43/h5-25,28-31,38-41,44-45H,26-27,32-37H2,1-4H3. The highest BCUT2D eigenvalue weighted by Gasteiger charge is 2.60. The molecule has 0 amide bonds. The molecule has 63 heavy (non-hydrogen) atoms. The van der Waals surface area contributed by atoms with Crippen molar-refractivity contribution in [2.45, 2.75) is 101 Å². The van der Waals surface area contributed by atoms with Crippen molar-refractivity contribution >= 4 is 17.1 Å². The van der Waals surface area contributed by atoms with Crippen LogP contribution in [0.5, 0.6) is 0 Å². The highest BCUT2D eigenvalue weighted by Crippen LogP contribution is 2.68. The molecule has 0 aliphatic heterocycles. The predicted molar refractivity (Wildman–Crippen MR) is 262 cm³/mol. The SMILES string of the molecule is CC1(C)CCC(C)(C)c2c(N(c3ccc4c(c3)C(c3ccccc3)(c3ccccc3)c3ccccc3-4)c3ccc4c(c3)C3(c5ccccc5-4)C4CCC(CC5CC3C5)C4)cccc21. The lowest BCUT2D eigenvalue weighted by atomic mass is 9.50. The number of rotatable bonds is 5. The van der Waals surface area contributed by atoms with Gasteiger partial charge in [0, 0.05) is 16.8 Å². The maximum atomic E-state index is 2.72. The van der Waals surface area contributed by atoms with Gasteiger partial charge in [-0.2, -0.15) is 0 Å². The number of fused-ring (bicyclic) bond motifs is 7. The van der Waals surface area contributed by atoms with E-state index in [9.17, 15) is 0 Å². The molecule has 0 aromatic heterocycles. The van der Waals surface area contributed by atoms with Crippen LogP contribution in [0.15, 0.2) is 164 Å². The lowest BCUT2D eigenvalue weighted by Gasteiger charge is -2.54. The zero-order valence-corrected chi connectivity index (χ0v) is 37.5. The van der Waals surface area contributed by atoms with Crippen molar-refractivity contribution in [1.82, 2.24) is 0 Å². The summed E-state index contributed by atoms with van der Waals surface area (Å²) in [5, 5.41) is 0. The molecule has 1 heteroatoms. The molecule has 312 valence electrons. The van der Waals surface area contributed by atoms with Gasteiger partial charge in [0.1, 0.15) is 0 Å². The average Bonchev–Trinajstić information content (AvgIpc) is 3.99. The van der Waals surface area contributed by atoms with Crippen molar-refractivity contribution < 1.29 is 0 Å². The highest BCUT2D eigenvalue weighted by atomic mass is 15.1. The topological polar surface area (TPSA) is 3.24 Å². The molecule has 7 aromatic carbocycles. The first-order chi connectivity index (χ1) is 30.7. The minimum absolute atomic E-state index is 0.0119. The smallest absolute Gasteiger partial charge is 0.0714 e. The van der Waals surface area contributed by atoms with E-state index in [-0.39, 0.29) is 16.2 Å². The van der Waals surface area contributed by atoms with E-state index in [0.29, 0.717) is 11.8 Å². The Morgan fingerprint density at radius 1 is 0.413 bits per heavy atom. The first-order valence-corrected chi connectivity index (χ1v) is 24.2. The molecule has 7 aromatic rings. The van der Waals surface area contributed by atoms with E-state index in [1.165, 1.54) is 118 Å². The summed E-state index contributed by atoms with van der Waals surface area (Å²) < 4.78 is 0. The quantitative estimate of drug-likeness (QED) is 0.167. The van der Waals surface area contributed by atoms with Gasteiger partial charge in [-0.1, -0.05) is 168 Å². The van der Waals surface area contributed by atoms with Crippen molar-refractivity contribution in [2.75, 3.05) is 4.90 Å². The number of anilines is 3. The van der Waals surface area contributed by atoms with Gasteiger partial charge in [0.05, 0.1) is 11.1 Å². The second-order valence-electron chi connectivity index (χ2n) is 21.9. The van der Waals surface area contributed by atoms with E-state index in [4.69, 9.17) is 0 Å². The largest absolute Gasteiger partial charge is 0.310 e. The van der Waals surface area contributed by atoms with E-state index in [1.54, 1.807) is 11.1 Å². The third-order valence-electron chi connectivity index (χ3n) is 17.9. The highest BCUT2D eigenvalue weighted by molar-refractivity contribution is 5.92. The molecule has 4 fully saturated rings. The first kappa shape index (κ1) is 37.9. The minimum atomic E-state index is -0.476. The first-order valence-electron chi connectivity index (χ1n) is 24.2. The second kappa shape index (κ2) is 13.4. The fourth-order valence-electron chi connectivity index (χ4n) is 15.0. The molecule has 1 nitrogen and oxygen atoms in total. The van der Waals surface area contributed by atoms with Crippen LogP contribution < -0.4 is 4.90 Å². The van der Waals surface area contributed by atoms with Gasteiger partial charge in [-0.3, -0.25) is 0 Å². The van der Waals surface area contributed by atoms with Crippen LogP contribution in [0.3, 0.4) is 0 Å². The zero-order chi connectivity index (χ0) is 42.3. The predicted octanol–water partition coefficient (Wildman–Crippen LogP) is 16.0. The van der Waals surface area contributed by atoms with Gasteiger partial charge in [0.25, 0.3) is 0 Å². The number of hydrogen-bond acceptors (Lipinski definition) is 1. The van der Waals surface area contributed by atoms with Crippen LogP contribution in [-0.2, 0) is 21.7 Å². The van der Waals surface area contributed by atoms with Crippen LogP contribution in [0.25, 0.3) is 22.3 Å². The van der Waals surface area contributed by atoms with Crippen LogP contribution in [0.4, 0.5) is 17.1 Å². The van der Waals surface area contributed by atoms with Crippen LogP contribution in [0, 0.1) is 23.7 Å². The molecule has 3 unspecified atom stereocenters. The van der Waals surface area contributed by atoms with E-state index >= 15 is 0 Å². The normalized spacial score (nSPS) is 25.7. The Morgan fingerprint density at radius 2 is 0.952 bits per heavy atom. The van der Waals surface area contributed by atoms with Crippen molar-refractivity contribution in [2.24, 2.45) is 23.7 Å². The molecule has 7 aliphatic carbocycles. The molecule has 0 radical (unpaired) electrons. The summed E-state index contributed by atoms with van der Waals surface area (Å²) in [6.45, 7) is 9.96. The fourth-order valence-corrected chi connectivity index (χ4v) is 15.0. The van der Waals surface area contributed by atoms with E-state index in [0.717, 1.165) is 18.3 Å². The van der Waals surface area contributed by atoms with Crippen molar-refractivity contribution in [1.29, 1.82) is 0 Å². The monoisotopic (exact) mass is 817 g/mol. The molecule has 7 aliphatic rings. The third-order valence-corrected chi connectivity index (χ3v) is 17.9. The fraction of sp³-hybridized carbons (Fsp3) is 0.323. The molecule has 4 saturated carbocycles. The Bertz CT molecular complexity index is 2910. The van der Waals surface area contributed by atoms with E-state index < -0.39 is 5.41 Å². The van der Waals surface area contributed by atoms with Gasteiger partial charge in [-0.05, 0) is 177 Å². The molecule has 14 rings (SSSR count). The Balaban J connectivity index is 1.10. The number of benzene rings is 7. The van der Waals surface area contributed by atoms with E-state index in [2.05, 4.69) is 196 Å². The number of nitrogens with zero attached hydrogens (tertiary/aromatic N) is 1. The van der Waals surface area contributed by atoms with Crippen molar-refractivity contribution in [3.8, 4) is 22.3 Å². The number of hydrogen-bond donors (Lipinski definition) is 0. The minimum Gasteiger partial charge on any atom is -0.310 e. The van der Waals surface area contributed by atoms with Crippen LogP contribution in [0.2, 0.25) is 0 Å². The Hall–Kier alpha value is -5.66. The lowest BCUT2D eigenvalue weighted by molar-refractivity contribution is 0.0484. The summed E-state index contributed by atoms with van der Waals surface area (Å²) >= 11 is 0. The van der Waals surface area contributed by atoms with Crippen LogP contribution >= 0.6 is 0 Å². The summed E-state index contributed by atoms with van der Waals surface area (Å²) in [6.07, 6.45) is 10.7. The summed E-state index contributed by atoms with van der Waals surface area (Å²) in [7, 11) is 0. The summed E-state index contributed by atoms with van der Waals surface area (Å²) in [5.41, 5.74) is 20.8. The van der Waals surface area contributed by atoms with Gasteiger partial charge in [0.2, 0.25) is 0 Å². The third kappa shape index (κ3) is 5.12. The zero-order valence-electron chi connectivity index (χ0n) is 37.5. The van der Waals surface area contributed by atoms with Crippen molar-refractivity contribution in [3.05, 3.63) is 208 Å². The summed E-state index contributed by atoms with van der Waals surface area (Å²) in [4.78, 5) is 2.72.